The maximum absolute atomic E-state index is 12.3. The number of nitrogens with one attached hydrogen (secondary N) is 1. The second kappa shape index (κ2) is 7.26. The van der Waals surface area contributed by atoms with Crippen molar-refractivity contribution >= 4 is 39.0 Å². The Morgan fingerprint density at radius 2 is 2.08 bits per heavy atom. The summed E-state index contributed by atoms with van der Waals surface area (Å²) in [6, 6.07) is -0.751. The minimum absolute atomic E-state index is 0.0426. The molecule has 26 heavy (non-hydrogen) atoms. The number of hydrogen-bond acceptors (Lipinski definition) is 7. The van der Waals surface area contributed by atoms with Crippen molar-refractivity contribution in [3.8, 4) is 0 Å². The largest absolute Gasteiger partial charge is 0.477 e. The quantitative estimate of drug-likeness (QED) is 0.356. The van der Waals surface area contributed by atoms with Crippen molar-refractivity contribution in [2.75, 3.05) is 0 Å². The predicted molar refractivity (Wildman–Crippen MR) is 86.6 cm³/mol. The highest BCUT2D eigenvalue weighted by molar-refractivity contribution is 7.91. The molecule has 3 N–H and O–H groups in total. The van der Waals surface area contributed by atoms with Crippen molar-refractivity contribution in [3.63, 3.8) is 0 Å². The molecule has 11 nitrogen and oxygen atoms in total. The van der Waals surface area contributed by atoms with E-state index in [-0.39, 0.29) is 11.3 Å². The molecule has 144 valence electrons. The maximum Gasteiger partial charge on any atom is 0.397 e. The smallest absolute Gasteiger partial charge is 0.397 e. The molecule has 0 aliphatic carbocycles. The number of rotatable bonds is 7. The van der Waals surface area contributed by atoms with E-state index in [4.69, 9.17) is 4.55 Å². The van der Waals surface area contributed by atoms with Crippen molar-refractivity contribution in [1.29, 1.82) is 0 Å². The van der Waals surface area contributed by atoms with Crippen molar-refractivity contribution in [2.45, 2.75) is 32.4 Å². The van der Waals surface area contributed by atoms with Crippen LogP contribution in [-0.2, 0) is 39.8 Å². The summed E-state index contributed by atoms with van der Waals surface area (Å²) in [6.45, 7) is 2.48. The third-order valence-electron chi connectivity index (χ3n) is 3.87. The highest BCUT2D eigenvalue weighted by Crippen LogP contribution is 2.45. The van der Waals surface area contributed by atoms with E-state index in [1.54, 1.807) is 0 Å². The number of carboxylic acids is 1. The molecule has 0 aromatic heterocycles. The lowest BCUT2D eigenvalue weighted by Gasteiger charge is -2.45. The van der Waals surface area contributed by atoms with Crippen molar-refractivity contribution in [1.82, 2.24) is 10.2 Å². The van der Waals surface area contributed by atoms with Gasteiger partial charge in [-0.25, -0.2) is 13.2 Å². The van der Waals surface area contributed by atoms with Crippen molar-refractivity contribution in [3.05, 3.63) is 22.2 Å². The van der Waals surface area contributed by atoms with Gasteiger partial charge in [-0.1, -0.05) is 0 Å². The van der Waals surface area contributed by atoms with E-state index in [0.29, 0.717) is 0 Å². The minimum Gasteiger partial charge on any atom is -0.477 e. The van der Waals surface area contributed by atoms with Crippen LogP contribution in [0.2, 0.25) is 0 Å². The van der Waals surface area contributed by atoms with E-state index >= 15 is 0 Å². The number of nitrogens with zero attached hydrogens (tertiary/aromatic N) is 1. The Kier molecular flexibility index (Phi) is 5.65. The van der Waals surface area contributed by atoms with Crippen LogP contribution >= 0.6 is 0 Å². The highest BCUT2D eigenvalue weighted by atomic mass is 32.3. The van der Waals surface area contributed by atoms with Crippen LogP contribution in [0.25, 0.3) is 0 Å². The second-order valence-corrected chi connectivity index (χ2v) is 8.02. The Labute approximate surface area is 151 Å². The molecule has 13 heteroatoms. The molecular weight excluding hydrogens is 392 g/mol. The first-order valence-electron chi connectivity index (χ1n) is 7.23. The molecule has 1 saturated heterocycles. The van der Waals surface area contributed by atoms with Gasteiger partial charge in [-0.3, -0.25) is 14.1 Å². The van der Waals surface area contributed by atoms with E-state index in [9.17, 15) is 32.1 Å². The fourth-order valence-electron chi connectivity index (χ4n) is 2.94. The third-order valence-corrected chi connectivity index (χ3v) is 5.65. The summed E-state index contributed by atoms with van der Waals surface area (Å²) < 4.78 is 47.1. The topological polar surface area (TPSA) is 167 Å². The van der Waals surface area contributed by atoms with Gasteiger partial charge < -0.3 is 15.3 Å². The maximum atomic E-state index is 12.3. The Morgan fingerprint density at radius 3 is 2.58 bits per heavy atom. The zero-order chi connectivity index (χ0) is 19.8. The van der Waals surface area contributed by atoms with Crippen LogP contribution in [0.15, 0.2) is 22.2 Å². The summed E-state index contributed by atoms with van der Waals surface area (Å²) in [5, 5.41) is 12.7. The zero-order valence-electron chi connectivity index (χ0n) is 13.6. The second-order valence-electron chi connectivity index (χ2n) is 5.61. The summed E-state index contributed by atoms with van der Waals surface area (Å²) in [6.07, 6.45) is -0.200. The summed E-state index contributed by atoms with van der Waals surface area (Å²) in [5.74, 6) is -3.59. The van der Waals surface area contributed by atoms with Crippen LogP contribution in [0.5, 0.6) is 0 Å². The van der Waals surface area contributed by atoms with Crippen molar-refractivity contribution < 1.29 is 40.9 Å². The standard InChI is InChI=1S/C13H16N2O9S2/c1-6(24-26(21,22)23)10-8-5-9(25(20)4-3-14-7(2)16)11(13(18)19)15(8)12(10)17/h3-4,6,8,10H,5H2,1-2H3,(H,14,16)(H,18,19)(H,21,22,23)/t6-,8-,10-,25?/m0/s1. The first-order chi connectivity index (χ1) is 11.9. The molecule has 2 amide bonds. The molecule has 1 fully saturated rings. The van der Waals surface area contributed by atoms with Gasteiger partial charge in [0.15, 0.2) is 0 Å². The third kappa shape index (κ3) is 4.00. The van der Waals surface area contributed by atoms with Gasteiger partial charge in [0, 0.05) is 25.0 Å². The predicted octanol–water partition coefficient (Wildman–Crippen LogP) is -0.923. The SMILES string of the molecule is CC(=O)NC=CS(=O)C1=C(C(=O)O)N2C(=O)[C@@H]([C@H](C)OS(=O)(=O)O)[C@@H]2C1. The van der Waals surface area contributed by atoms with Crippen LogP contribution in [0.3, 0.4) is 0 Å². The van der Waals surface area contributed by atoms with Crippen LogP contribution in [0, 0.1) is 5.92 Å². The fourth-order valence-corrected chi connectivity index (χ4v) is 4.51. The van der Waals surface area contributed by atoms with Gasteiger partial charge in [0.2, 0.25) is 11.8 Å². The first kappa shape index (κ1) is 20.2. The van der Waals surface area contributed by atoms with Crippen LogP contribution < -0.4 is 5.32 Å². The Balaban J connectivity index is 2.24. The molecule has 4 atom stereocenters. The molecule has 0 bridgehead atoms. The number of carbonyl (C=O) groups excluding carboxylic acids is 2. The summed E-state index contributed by atoms with van der Waals surface area (Å²) in [4.78, 5) is 35.4. The average molecular weight is 408 g/mol. The van der Waals surface area contributed by atoms with Gasteiger partial charge in [-0.2, -0.15) is 8.42 Å². The van der Waals surface area contributed by atoms with E-state index in [2.05, 4.69) is 9.50 Å². The number of carbonyl (C=O) groups is 3. The van der Waals surface area contributed by atoms with Crippen LogP contribution in [0.4, 0.5) is 0 Å². The Bertz CT molecular complexity index is 846. The monoisotopic (exact) mass is 408 g/mol. The molecular formula is C13H16N2O9S2. The molecule has 2 heterocycles. The molecule has 0 aromatic carbocycles. The van der Waals surface area contributed by atoms with E-state index < -0.39 is 62.7 Å². The molecule has 2 aliphatic rings. The van der Waals surface area contributed by atoms with E-state index in [0.717, 1.165) is 16.5 Å². The minimum atomic E-state index is -4.79. The number of hydrogen-bond donors (Lipinski definition) is 3. The lowest BCUT2D eigenvalue weighted by molar-refractivity contribution is -0.160. The summed E-state index contributed by atoms with van der Waals surface area (Å²) >= 11 is 0. The summed E-state index contributed by atoms with van der Waals surface area (Å²) in [5.41, 5.74) is -0.443. The highest BCUT2D eigenvalue weighted by Gasteiger charge is 2.58. The van der Waals surface area contributed by atoms with E-state index in [1.807, 2.05) is 0 Å². The molecule has 0 radical (unpaired) electrons. The Hall–Kier alpha value is -2.09. The van der Waals surface area contributed by atoms with Gasteiger partial charge in [-0.15, -0.1) is 0 Å². The number of fused-ring (bicyclic) bond motifs is 1. The summed E-state index contributed by atoms with van der Waals surface area (Å²) in [7, 11) is -6.71. The lowest BCUT2D eigenvalue weighted by Crippen LogP contribution is -2.62. The van der Waals surface area contributed by atoms with Gasteiger partial charge in [0.1, 0.15) is 5.70 Å². The fraction of sp³-hybridized carbons (Fsp3) is 0.462. The average Bonchev–Trinajstić information content (AvgIpc) is 2.80. The van der Waals surface area contributed by atoms with Gasteiger partial charge >= 0.3 is 16.4 Å². The molecule has 0 spiro atoms. The Morgan fingerprint density at radius 1 is 1.46 bits per heavy atom. The molecule has 0 saturated carbocycles. The van der Waals surface area contributed by atoms with Gasteiger partial charge in [0.25, 0.3) is 0 Å². The number of amides is 2. The van der Waals surface area contributed by atoms with Crippen LogP contribution in [0.1, 0.15) is 20.3 Å². The van der Waals surface area contributed by atoms with Gasteiger partial charge in [-0.05, 0) is 6.92 Å². The molecule has 0 aromatic rings. The molecule has 1 unspecified atom stereocenters. The zero-order valence-corrected chi connectivity index (χ0v) is 15.2. The number of carboxylic acid groups (broad SMARTS) is 1. The van der Waals surface area contributed by atoms with Crippen LogP contribution in [-0.4, -0.2) is 57.1 Å². The first-order valence-corrected chi connectivity index (χ1v) is 9.81. The molecule has 2 rings (SSSR count). The van der Waals surface area contributed by atoms with Gasteiger partial charge in [0.05, 0.1) is 33.8 Å². The number of β-lactam (4-membered cyclic amide) rings is 1. The normalized spacial score (nSPS) is 25.0. The molecule has 2 aliphatic heterocycles. The number of aliphatic carboxylic acids is 1. The van der Waals surface area contributed by atoms with E-state index in [1.165, 1.54) is 13.8 Å². The van der Waals surface area contributed by atoms with Crippen molar-refractivity contribution in [2.24, 2.45) is 5.92 Å². The lowest BCUT2D eigenvalue weighted by atomic mass is 9.83.